The van der Waals surface area contributed by atoms with Crippen LogP contribution in [-0.4, -0.2) is 12.0 Å². The molecular weight excluding hydrogens is 298 g/mol. The molecule has 0 saturated heterocycles. The Morgan fingerprint density at radius 2 is 1.83 bits per heavy atom. The first kappa shape index (κ1) is 18.1. The molecule has 0 radical (unpaired) electrons. The first-order valence-electron chi connectivity index (χ1n) is 8.54. The molecule has 1 N–H and O–H groups in total. The topological polar surface area (TPSA) is 38.3 Å². The molecule has 0 unspecified atom stereocenters. The van der Waals surface area contributed by atoms with Crippen LogP contribution < -0.4 is 10.1 Å². The first-order chi connectivity index (χ1) is 11.4. The minimum Gasteiger partial charge on any atom is -0.481 e. The van der Waals surface area contributed by atoms with Crippen LogP contribution in [0.15, 0.2) is 42.5 Å². The minimum absolute atomic E-state index is 0.0504. The van der Waals surface area contributed by atoms with Crippen LogP contribution in [0.5, 0.6) is 5.75 Å². The van der Waals surface area contributed by atoms with E-state index in [0.29, 0.717) is 0 Å². The summed E-state index contributed by atoms with van der Waals surface area (Å²) in [6.45, 7) is 10.0. The van der Waals surface area contributed by atoms with Crippen molar-refractivity contribution < 1.29 is 9.53 Å². The molecule has 0 bridgehead atoms. The fraction of sp³-hybridized carbons (Fsp3) is 0.381. The fourth-order valence-electron chi connectivity index (χ4n) is 2.87. The zero-order valence-electron chi connectivity index (χ0n) is 15.2. The quantitative estimate of drug-likeness (QED) is 0.848. The first-order valence-corrected chi connectivity index (χ1v) is 8.54. The van der Waals surface area contributed by atoms with E-state index < -0.39 is 6.10 Å². The van der Waals surface area contributed by atoms with E-state index in [2.05, 4.69) is 44.3 Å². The third-order valence-electron chi connectivity index (χ3n) is 4.28. The summed E-state index contributed by atoms with van der Waals surface area (Å²) >= 11 is 0. The molecule has 3 nitrogen and oxygen atoms in total. The largest absolute Gasteiger partial charge is 0.481 e. The Morgan fingerprint density at radius 1 is 1.12 bits per heavy atom. The molecule has 0 saturated carbocycles. The summed E-state index contributed by atoms with van der Waals surface area (Å²) in [5, 5.41) is 3.05. The molecule has 2 aromatic carbocycles. The van der Waals surface area contributed by atoms with Crippen molar-refractivity contribution in [1.82, 2.24) is 5.32 Å². The standard InChI is InChI=1S/C21H27NO2/c1-6-18-9-7-8-10-20(18)24-17(5)21(23)22-16(4)19-12-11-14(2)13-15(19)3/h7-13,16-17H,6H2,1-5H3,(H,22,23)/t16-,17+/m0/s1. The summed E-state index contributed by atoms with van der Waals surface area (Å²) in [6.07, 6.45) is 0.342. The van der Waals surface area contributed by atoms with Crippen molar-refractivity contribution >= 4 is 5.91 Å². The molecule has 0 heterocycles. The van der Waals surface area contributed by atoms with E-state index in [0.717, 1.165) is 23.3 Å². The molecule has 0 aliphatic carbocycles. The molecule has 2 aromatic rings. The van der Waals surface area contributed by atoms with E-state index in [1.54, 1.807) is 6.92 Å². The number of ether oxygens (including phenoxy) is 1. The van der Waals surface area contributed by atoms with Crippen molar-refractivity contribution in [3.8, 4) is 5.75 Å². The summed E-state index contributed by atoms with van der Waals surface area (Å²) in [5.41, 5.74) is 4.66. The van der Waals surface area contributed by atoms with Gasteiger partial charge in [-0.05, 0) is 56.9 Å². The lowest BCUT2D eigenvalue weighted by Crippen LogP contribution is -2.38. The van der Waals surface area contributed by atoms with Gasteiger partial charge in [0, 0.05) is 0 Å². The molecule has 3 heteroatoms. The summed E-state index contributed by atoms with van der Waals surface area (Å²) in [7, 11) is 0. The summed E-state index contributed by atoms with van der Waals surface area (Å²) in [6, 6.07) is 14.1. The third kappa shape index (κ3) is 4.38. The Kier molecular flexibility index (Phi) is 6.02. The predicted octanol–water partition coefficient (Wildman–Crippen LogP) is 4.51. The van der Waals surface area contributed by atoms with Crippen LogP contribution in [0.4, 0.5) is 0 Å². The third-order valence-corrected chi connectivity index (χ3v) is 4.28. The number of hydrogen-bond donors (Lipinski definition) is 1. The number of carbonyl (C=O) groups is 1. The van der Waals surface area contributed by atoms with Crippen molar-refractivity contribution in [2.45, 2.75) is 53.2 Å². The molecule has 0 aromatic heterocycles. The second kappa shape index (κ2) is 8.00. The zero-order valence-corrected chi connectivity index (χ0v) is 15.2. The molecule has 0 aliphatic heterocycles. The SMILES string of the molecule is CCc1ccccc1O[C@H](C)C(=O)N[C@@H](C)c1ccc(C)cc1C. The van der Waals surface area contributed by atoms with Gasteiger partial charge in [0.2, 0.25) is 0 Å². The van der Waals surface area contributed by atoms with E-state index in [-0.39, 0.29) is 11.9 Å². The molecule has 128 valence electrons. The highest BCUT2D eigenvalue weighted by molar-refractivity contribution is 5.81. The molecule has 2 rings (SSSR count). The Bertz CT molecular complexity index is 709. The number of amides is 1. The maximum atomic E-state index is 12.5. The van der Waals surface area contributed by atoms with Gasteiger partial charge < -0.3 is 10.1 Å². The highest BCUT2D eigenvalue weighted by Crippen LogP contribution is 2.21. The lowest BCUT2D eigenvalue weighted by Gasteiger charge is -2.21. The second-order valence-corrected chi connectivity index (χ2v) is 6.31. The molecule has 0 fully saturated rings. The van der Waals surface area contributed by atoms with Gasteiger partial charge in [0.15, 0.2) is 6.10 Å². The number of nitrogens with one attached hydrogen (secondary N) is 1. The van der Waals surface area contributed by atoms with Crippen LogP contribution >= 0.6 is 0 Å². The van der Waals surface area contributed by atoms with Crippen LogP contribution in [-0.2, 0) is 11.2 Å². The van der Waals surface area contributed by atoms with Gasteiger partial charge in [-0.25, -0.2) is 0 Å². The molecule has 24 heavy (non-hydrogen) atoms. The van der Waals surface area contributed by atoms with Crippen LogP contribution in [0.2, 0.25) is 0 Å². The number of carbonyl (C=O) groups excluding carboxylic acids is 1. The van der Waals surface area contributed by atoms with Crippen molar-refractivity contribution in [3.05, 3.63) is 64.7 Å². The fourth-order valence-corrected chi connectivity index (χ4v) is 2.87. The van der Waals surface area contributed by atoms with E-state index in [9.17, 15) is 4.79 Å². The molecular formula is C21H27NO2. The zero-order chi connectivity index (χ0) is 17.7. The Hall–Kier alpha value is -2.29. The lowest BCUT2D eigenvalue weighted by atomic mass is 10.00. The number of rotatable bonds is 6. The average Bonchev–Trinajstić information content (AvgIpc) is 2.55. The summed E-state index contributed by atoms with van der Waals surface area (Å²) in [4.78, 5) is 12.5. The number of para-hydroxylation sites is 1. The number of benzene rings is 2. The van der Waals surface area contributed by atoms with E-state index in [4.69, 9.17) is 4.74 Å². The molecule has 0 aliphatic rings. The van der Waals surface area contributed by atoms with Gasteiger partial charge in [0.25, 0.3) is 5.91 Å². The number of hydrogen-bond acceptors (Lipinski definition) is 2. The maximum absolute atomic E-state index is 12.5. The van der Waals surface area contributed by atoms with Crippen molar-refractivity contribution in [1.29, 1.82) is 0 Å². The van der Waals surface area contributed by atoms with Crippen LogP contribution in [0.25, 0.3) is 0 Å². The second-order valence-electron chi connectivity index (χ2n) is 6.31. The Labute approximate surface area is 145 Å². The van der Waals surface area contributed by atoms with E-state index >= 15 is 0 Å². The maximum Gasteiger partial charge on any atom is 0.261 e. The van der Waals surface area contributed by atoms with Gasteiger partial charge in [0.05, 0.1) is 6.04 Å². The normalized spacial score (nSPS) is 13.2. The Balaban J connectivity index is 2.03. The molecule has 1 amide bonds. The molecule has 0 spiro atoms. The van der Waals surface area contributed by atoms with Gasteiger partial charge in [-0.15, -0.1) is 0 Å². The van der Waals surface area contributed by atoms with Crippen molar-refractivity contribution in [2.75, 3.05) is 0 Å². The van der Waals surface area contributed by atoms with Crippen LogP contribution in [0.3, 0.4) is 0 Å². The van der Waals surface area contributed by atoms with Gasteiger partial charge in [-0.3, -0.25) is 4.79 Å². The smallest absolute Gasteiger partial charge is 0.261 e. The van der Waals surface area contributed by atoms with Gasteiger partial charge in [-0.2, -0.15) is 0 Å². The lowest BCUT2D eigenvalue weighted by molar-refractivity contribution is -0.127. The molecule has 2 atom stereocenters. The van der Waals surface area contributed by atoms with Gasteiger partial charge >= 0.3 is 0 Å². The van der Waals surface area contributed by atoms with Gasteiger partial charge in [0.1, 0.15) is 5.75 Å². The predicted molar refractivity (Wildman–Crippen MR) is 98.4 cm³/mol. The van der Waals surface area contributed by atoms with Crippen LogP contribution in [0.1, 0.15) is 49.1 Å². The van der Waals surface area contributed by atoms with Crippen molar-refractivity contribution in [3.63, 3.8) is 0 Å². The number of aryl methyl sites for hydroxylation is 3. The van der Waals surface area contributed by atoms with E-state index in [1.807, 2.05) is 31.2 Å². The summed E-state index contributed by atoms with van der Waals surface area (Å²) < 4.78 is 5.87. The highest BCUT2D eigenvalue weighted by atomic mass is 16.5. The van der Waals surface area contributed by atoms with Crippen molar-refractivity contribution in [2.24, 2.45) is 0 Å². The minimum atomic E-state index is -0.536. The Morgan fingerprint density at radius 3 is 2.50 bits per heavy atom. The average molecular weight is 325 g/mol. The van der Waals surface area contributed by atoms with Gasteiger partial charge in [-0.1, -0.05) is 48.9 Å². The summed E-state index contributed by atoms with van der Waals surface area (Å²) in [5.74, 6) is 0.676. The highest BCUT2D eigenvalue weighted by Gasteiger charge is 2.19. The monoisotopic (exact) mass is 325 g/mol. The van der Waals surface area contributed by atoms with E-state index in [1.165, 1.54) is 11.1 Å². The van der Waals surface area contributed by atoms with Crippen LogP contribution in [0, 0.1) is 13.8 Å².